The van der Waals surface area contributed by atoms with E-state index in [0.29, 0.717) is 5.56 Å². The molecule has 0 heterocycles. The Morgan fingerprint density at radius 2 is 1.79 bits per heavy atom. The maximum Gasteiger partial charge on any atom is 0.251 e. The molecule has 0 aliphatic carbocycles. The molecular weight excluding hydrogens is 304 g/mol. The lowest BCUT2D eigenvalue weighted by Crippen LogP contribution is -2.40. The van der Waals surface area contributed by atoms with Crippen molar-refractivity contribution in [3.8, 4) is 0 Å². The fraction of sp³-hybridized carbons (Fsp3) is 0.368. The quantitative estimate of drug-likeness (QED) is 0.854. The molecule has 0 aliphatic heterocycles. The maximum absolute atomic E-state index is 12.2. The van der Waals surface area contributed by atoms with E-state index in [1.807, 2.05) is 36.4 Å². The predicted molar refractivity (Wildman–Crippen MR) is 94.8 cm³/mol. The van der Waals surface area contributed by atoms with Crippen LogP contribution in [0.3, 0.4) is 0 Å². The van der Waals surface area contributed by atoms with Gasteiger partial charge in [0.05, 0.1) is 5.60 Å². The highest BCUT2D eigenvalue weighted by atomic mass is 16.3. The zero-order valence-corrected chi connectivity index (χ0v) is 14.4. The number of carbonyl (C=O) groups is 2. The zero-order valence-electron chi connectivity index (χ0n) is 14.4. The molecule has 0 atom stereocenters. The van der Waals surface area contributed by atoms with Crippen LogP contribution in [0.25, 0.3) is 10.8 Å². The molecule has 0 aromatic heterocycles. The second-order valence-corrected chi connectivity index (χ2v) is 6.63. The normalized spacial score (nSPS) is 11.3. The van der Waals surface area contributed by atoms with Gasteiger partial charge in [-0.3, -0.25) is 9.59 Å². The Kier molecular flexibility index (Phi) is 5.57. The lowest BCUT2D eigenvalue weighted by molar-refractivity contribution is -0.132. The van der Waals surface area contributed by atoms with Gasteiger partial charge in [0, 0.05) is 32.1 Å². The summed E-state index contributed by atoms with van der Waals surface area (Å²) >= 11 is 0. The highest BCUT2D eigenvalue weighted by Gasteiger charge is 2.19. The summed E-state index contributed by atoms with van der Waals surface area (Å²) in [7, 11) is 1.64. The fourth-order valence-corrected chi connectivity index (χ4v) is 2.58. The lowest BCUT2D eigenvalue weighted by Gasteiger charge is -2.25. The van der Waals surface area contributed by atoms with Gasteiger partial charge in [-0.25, -0.2) is 0 Å². The summed E-state index contributed by atoms with van der Waals surface area (Å²) < 4.78 is 0. The molecule has 2 amide bonds. The van der Waals surface area contributed by atoms with Crippen molar-refractivity contribution in [2.24, 2.45) is 0 Å². The third-order valence-corrected chi connectivity index (χ3v) is 3.69. The number of hydrogen-bond acceptors (Lipinski definition) is 3. The Balaban J connectivity index is 1.87. The van der Waals surface area contributed by atoms with Crippen molar-refractivity contribution >= 4 is 22.6 Å². The lowest BCUT2D eigenvalue weighted by atomic mass is 10.1. The summed E-state index contributed by atoms with van der Waals surface area (Å²) in [5.41, 5.74) is -0.357. The van der Waals surface area contributed by atoms with Crippen molar-refractivity contribution in [3.63, 3.8) is 0 Å². The Bertz CT molecular complexity index is 735. The van der Waals surface area contributed by atoms with Crippen LogP contribution in [-0.2, 0) is 4.79 Å². The average molecular weight is 328 g/mol. The maximum atomic E-state index is 12.2. The minimum atomic E-state index is -0.932. The first kappa shape index (κ1) is 17.9. The van der Waals surface area contributed by atoms with Crippen molar-refractivity contribution in [2.75, 3.05) is 20.1 Å². The van der Waals surface area contributed by atoms with E-state index in [9.17, 15) is 14.7 Å². The van der Waals surface area contributed by atoms with Crippen LogP contribution in [0.1, 0.15) is 30.6 Å². The molecule has 2 aromatic rings. The van der Waals surface area contributed by atoms with Crippen LogP contribution >= 0.6 is 0 Å². The molecule has 2 rings (SSSR count). The monoisotopic (exact) mass is 328 g/mol. The van der Waals surface area contributed by atoms with E-state index in [0.717, 1.165) is 10.8 Å². The van der Waals surface area contributed by atoms with Gasteiger partial charge in [-0.1, -0.05) is 30.3 Å². The largest absolute Gasteiger partial charge is 0.389 e. The van der Waals surface area contributed by atoms with Crippen molar-refractivity contribution < 1.29 is 14.7 Å². The highest BCUT2D eigenvalue weighted by molar-refractivity contribution is 5.98. The van der Waals surface area contributed by atoms with Gasteiger partial charge in [0.15, 0.2) is 0 Å². The Labute approximate surface area is 142 Å². The molecule has 0 fully saturated rings. The van der Waals surface area contributed by atoms with Crippen molar-refractivity contribution in [3.05, 3.63) is 48.0 Å². The number of nitrogens with zero attached hydrogens (tertiary/aromatic N) is 1. The number of benzene rings is 2. The first-order chi connectivity index (χ1) is 11.3. The number of rotatable bonds is 6. The number of likely N-dealkylation sites (N-methyl/N-ethyl adjacent to an activating group) is 1. The average Bonchev–Trinajstić information content (AvgIpc) is 2.52. The molecule has 0 saturated heterocycles. The molecule has 5 nitrogen and oxygen atoms in total. The number of nitrogens with one attached hydrogen (secondary N) is 1. The van der Waals surface area contributed by atoms with Gasteiger partial charge in [0.2, 0.25) is 5.91 Å². The van der Waals surface area contributed by atoms with Crippen LogP contribution in [0, 0.1) is 0 Å². The topological polar surface area (TPSA) is 69.6 Å². The number of carbonyl (C=O) groups excluding carboxylic acids is 2. The molecule has 0 bridgehead atoms. The molecule has 5 heteroatoms. The predicted octanol–water partition coefficient (Wildman–Crippen LogP) is 2.19. The van der Waals surface area contributed by atoms with Crippen molar-refractivity contribution in [1.29, 1.82) is 0 Å². The van der Waals surface area contributed by atoms with Crippen LogP contribution in [0.5, 0.6) is 0 Å². The minimum absolute atomic E-state index is 0.115. The fourth-order valence-electron chi connectivity index (χ4n) is 2.58. The van der Waals surface area contributed by atoms with E-state index in [2.05, 4.69) is 5.32 Å². The van der Waals surface area contributed by atoms with Crippen LogP contribution in [0.4, 0.5) is 0 Å². The molecule has 2 N–H and O–H groups in total. The molecule has 0 aliphatic rings. The zero-order chi connectivity index (χ0) is 17.7. The number of hydrogen-bond donors (Lipinski definition) is 2. The first-order valence-corrected chi connectivity index (χ1v) is 7.99. The van der Waals surface area contributed by atoms with Gasteiger partial charge in [0.1, 0.15) is 0 Å². The van der Waals surface area contributed by atoms with Crippen molar-refractivity contribution in [1.82, 2.24) is 10.2 Å². The second kappa shape index (κ2) is 7.45. The third kappa shape index (κ3) is 5.06. The molecule has 0 unspecified atom stereocenters. The first-order valence-electron chi connectivity index (χ1n) is 7.99. The number of aliphatic hydroxyl groups is 1. The molecule has 24 heavy (non-hydrogen) atoms. The Morgan fingerprint density at radius 3 is 2.46 bits per heavy atom. The van der Waals surface area contributed by atoms with Gasteiger partial charge in [-0.2, -0.15) is 0 Å². The summed E-state index contributed by atoms with van der Waals surface area (Å²) in [6, 6.07) is 13.4. The minimum Gasteiger partial charge on any atom is -0.389 e. The summed E-state index contributed by atoms with van der Waals surface area (Å²) in [4.78, 5) is 25.6. The molecule has 128 valence electrons. The number of fused-ring (bicyclic) bond motifs is 1. The Hall–Kier alpha value is -2.40. The van der Waals surface area contributed by atoms with Gasteiger partial charge in [-0.15, -0.1) is 0 Å². The van der Waals surface area contributed by atoms with E-state index >= 15 is 0 Å². The third-order valence-electron chi connectivity index (χ3n) is 3.69. The van der Waals surface area contributed by atoms with E-state index in [-0.39, 0.29) is 31.3 Å². The molecule has 0 saturated carbocycles. The van der Waals surface area contributed by atoms with Gasteiger partial charge in [-0.05, 0) is 36.8 Å². The second-order valence-electron chi connectivity index (χ2n) is 6.63. The van der Waals surface area contributed by atoms with Crippen LogP contribution in [0.2, 0.25) is 0 Å². The van der Waals surface area contributed by atoms with Crippen molar-refractivity contribution in [2.45, 2.75) is 25.9 Å². The smallest absolute Gasteiger partial charge is 0.251 e. The van der Waals surface area contributed by atoms with Crippen LogP contribution in [0.15, 0.2) is 42.5 Å². The summed E-state index contributed by atoms with van der Waals surface area (Å²) in [6.07, 6.45) is 0.200. The summed E-state index contributed by atoms with van der Waals surface area (Å²) in [5, 5.41) is 14.6. The summed E-state index contributed by atoms with van der Waals surface area (Å²) in [5.74, 6) is -0.311. The summed E-state index contributed by atoms with van der Waals surface area (Å²) in [6.45, 7) is 3.82. The van der Waals surface area contributed by atoms with E-state index in [1.54, 1.807) is 27.0 Å². The number of amides is 2. The van der Waals surface area contributed by atoms with E-state index in [1.165, 1.54) is 4.90 Å². The van der Waals surface area contributed by atoms with Gasteiger partial charge in [0.25, 0.3) is 5.91 Å². The van der Waals surface area contributed by atoms with Gasteiger partial charge < -0.3 is 15.3 Å². The standard InChI is InChI=1S/C19H24N2O3/c1-19(2,24)13-21(3)17(22)10-11-20-18(23)16-9-8-14-6-4-5-7-15(14)12-16/h4-9,12,24H,10-11,13H2,1-3H3,(H,20,23). The molecule has 0 radical (unpaired) electrons. The molecule has 0 spiro atoms. The SMILES string of the molecule is CN(CC(C)(C)O)C(=O)CCNC(=O)c1ccc2ccccc2c1. The van der Waals surface area contributed by atoms with E-state index in [4.69, 9.17) is 0 Å². The molecular formula is C19H24N2O3. The highest BCUT2D eigenvalue weighted by Crippen LogP contribution is 2.15. The van der Waals surface area contributed by atoms with E-state index < -0.39 is 5.60 Å². The Morgan fingerprint density at radius 1 is 1.12 bits per heavy atom. The molecule has 2 aromatic carbocycles. The van der Waals surface area contributed by atoms with Gasteiger partial charge >= 0.3 is 0 Å². The van der Waals surface area contributed by atoms with Crippen LogP contribution < -0.4 is 5.32 Å². The van der Waals surface area contributed by atoms with Crippen LogP contribution in [-0.4, -0.2) is 47.6 Å².